The van der Waals surface area contributed by atoms with E-state index in [-0.39, 0.29) is 0 Å². The summed E-state index contributed by atoms with van der Waals surface area (Å²) < 4.78 is 0. The highest BCUT2D eigenvalue weighted by atomic mass is 15.1. The van der Waals surface area contributed by atoms with Gasteiger partial charge in [0.2, 0.25) is 0 Å². The molecule has 0 aromatic heterocycles. The van der Waals surface area contributed by atoms with Crippen LogP contribution in [0.15, 0.2) is 89.5 Å². The smallest absolute Gasteiger partial charge is 0.0524 e. The molecule has 0 unspecified atom stereocenters. The van der Waals surface area contributed by atoms with Crippen LogP contribution in [0.1, 0.15) is 26.7 Å². The van der Waals surface area contributed by atoms with Crippen LogP contribution in [0, 0.1) is 0 Å². The lowest BCUT2D eigenvalue weighted by Crippen LogP contribution is -2.21. The lowest BCUT2D eigenvalue weighted by atomic mass is 10.0. The average molecular weight is 277 g/mol. The standard InChI is InChI=1S/C20H23N/c1-5-18-11-8-12-20-19(15-18)14-13-16(3)9-7-10-17(4)21(20)6-2/h5,7,10-13,15H,1,4,6,9,14H2,2-3H3/b10-7-,16-13?. The minimum absolute atomic E-state index is 0.889. The predicted molar refractivity (Wildman–Crippen MR) is 91.6 cm³/mol. The van der Waals surface area contributed by atoms with Crippen molar-refractivity contribution in [3.8, 4) is 0 Å². The van der Waals surface area contributed by atoms with Gasteiger partial charge in [-0.25, -0.2) is 0 Å². The van der Waals surface area contributed by atoms with E-state index in [1.165, 1.54) is 16.8 Å². The molecule has 0 atom stereocenters. The monoisotopic (exact) mass is 277 g/mol. The van der Waals surface area contributed by atoms with Crippen molar-refractivity contribution < 1.29 is 0 Å². The van der Waals surface area contributed by atoms with Gasteiger partial charge in [-0.2, -0.15) is 0 Å². The van der Waals surface area contributed by atoms with E-state index >= 15 is 0 Å². The summed E-state index contributed by atoms with van der Waals surface area (Å²) in [5.41, 5.74) is 9.20. The number of rotatable bonds is 2. The van der Waals surface area contributed by atoms with Crippen LogP contribution >= 0.6 is 0 Å². The van der Waals surface area contributed by atoms with E-state index in [1.807, 2.05) is 12.2 Å². The fourth-order valence-electron chi connectivity index (χ4n) is 2.53. The molecule has 1 heteroatoms. The van der Waals surface area contributed by atoms with Crippen molar-refractivity contribution in [2.24, 2.45) is 0 Å². The molecule has 0 radical (unpaired) electrons. The lowest BCUT2D eigenvalue weighted by Gasteiger charge is -2.26. The Balaban J connectivity index is 2.59. The summed E-state index contributed by atoms with van der Waals surface area (Å²) in [5.74, 6) is 0. The van der Waals surface area contributed by atoms with Gasteiger partial charge in [-0.15, -0.1) is 5.73 Å². The number of likely N-dealkylation sites (N-methyl/N-ethyl adjacent to an activating group) is 1. The quantitative estimate of drug-likeness (QED) is 0.494. The highest BCUT2D eigenvalue weighted by Gasteiger charge is 2.13. The molecule has 0 bridgehead atoms. The maximum absolute atomic E-state index is 4.21. The van der Waals surface area contributed by atoms with Crippen molar-refractivity contribution in [1.29, 1.82) is 0 Å². The molecule has 1 aliphatic carbocycles. The minimum atomic E-state index is 0.889. The fraction of sp³-hybridized carbons (Fsp3) is 0.250. The third-order valence-electron chi connectivity index (χ3n) is 3.75. The first kappa shape index (κ1) is 15.2. The van der Waals surface area contributed by atoms with Crippen molar-refractivity contribution in [2.75, 3.05) is 6.54 Å². The molecular formula is C20H23N. The second-order valence-corrected chi connectivity index (χ2v) is 5.31. The van der Waals surface area contributed by atoms with Crippen LogP contribution in [0.3, 0.4) is 0 Å². The summed E-state index contributed by atoms with van der Waals surface area (Å²) in [7, 11) is 0. The van der Waals surface area contributed by atoms with Crippen LogP contribution in [0.4, 0.5) is 0 Å². The van der Waals surface area contributed by atoms with Crippen molar-refractivity contribution in [1.82, 2.24) is 4.90 Å². The van der Waals surface area contributed by atoms with Gasteiger partial charge >= 0.3 is 0 Å². The third kappa shape index (κ3) is 3.65. The van der Waals surface area contributed by atoms with Gasteiger partial charge in [-0.3, -0.25) is 0 Å². The SMILES string of the molecule is C=CC1=CC2=C(C=C=C1)N(CC)C(=C)/C=C\CC(C)=CC2. The van der Waals surface area contributed by atoms with Gasteiger partial charge in [0.05, 0.1) is 5.70 Å². The summed E-state index contributed by atoms with van der Waals surface area (Å²) in [6.07, 6.45) is 16.6. The van der Waals surface area contributed by atoms with E-state index in [0.717, 1.165) is 30.7 Å². The number of hydrogen-bond donors (Lipinski definition) is 0. The van der Waals surface area contributed by atoms with Gasteiger partial charge in [-0.1, -0.05) is 37.0 Å². The zero-order valence-electron chi connectivity index (χ0n) is 13.0. The third-order valence-corrected chi connectivity index (χ3v) is 3.75. The van der Waals surface area contributed by atoms with Gasteiger partial charge < -0.3 is 4.90 Å². The summed E-state index contributed by atoms with van der Waals surface area (Å²) in [4.78, 5) is 2.24. The molecule has 0 N–H and O–H groups in total. The molecule has 1 nitrogen and oxygen atoms in total. The zero-order chi connectivity index (χ0) is 15.2. The van der Waals surface area contributed by atoms with E-state index in [9.17, 15) is 0 Å². The first-order valence-corrected chi connectivity index (χ1v) is 7.44. The minimum Gasteiger partial charge on any atom is -0.342 e. The largest absolute Gasteiger partial charge is 0.342 e. The molecule has 1 heterocycles. The fourth-order valence-corrected chi connectivity index (χ4v) is 2.53. The lowest BCUT2D eigenvalue weighted by molar-refractivity contribution is 0.475. The zero-order valence-corrected chi connectivity index (χ0v) is 13.0. The molecule has 0 saturated heterocycles. The summed E-state index contributed by atoms with van der Waals surface area (Å²) in [6, 6.07) is 0. The molecule has 2 rings (SSSR count). The summed E-state index contributed by atoms with van der Waals surface area (Å²) >= 11 is 0. The molecule has 0 fully saturated rings. The van der Waals surface area contributed by atoms with Crippen molar-refractivity contribution >= 4 is 0 Å². The molecular weight excluding hydrogens is 254 g/mol. The maximum Gasteiger partial charge on any atom is 0.0524 e. The highest BCUT2D eigenvalue weighted by molar-refractivity contribution is 5.46. The molecule has 0 aromatic rings. The Morgan fingerprint density at radius 3 is 2.86 bits per heavy atom. The Labute approximate surface area is 128 Å². The van der Waals surface area contributed by atoms with Gasteiger partial charge in [0.1, 0.15) is 0 Å². The van der Waals surface area contributed by atoms with E-state index in [0.29, 0.717) is 0 Å². The van der Waals surface area contributed by atoms with Crippen molar-refractivity contribution in [2.45, 2.75) is 26.7 Å². The number of hydrogen-bond acceptors (Lipinski definition) is 1. The Hall–Kier alpha value is -2.24. The topological polar surface area (TPSA) is 3.24 Å². The molecule has 0 spiro atoms. The Bertz CT molecular complexity index is 629. The molecule has 0 amide bonds. The molecule has 21 heavy (non-hydrogen) atoms. The van der Waals surface area contributed by atoms with Gasteiger partial charge in [0, 0.05) is 18.3 Å². The van der Waals surface area contributed by atoms with Crippen LogP contribution in [-0.2, 0) is 0 Å². The van der Waals surface area contributed by atoms with E-state index in [1.54, 1.807) is 0 Å². The molecule has 2 aliphatic rings. The Morgan fingerprint density at radius 2 is 2.14 bits per heavy atom. The molecule has 0 saturated carbocycles. The van der Waals surface area contributed by atoms with Crippen LogP contribution in [0.25, 0.3) is 0 Å². The Morgan fingerprint density at radius 1 is 1.33 bits per heavy atom. The second kappa shape index (κ2) is 6.97. The summed E-state index contributed by atoms with van der Waals surface area (Å²) in [6.45, 7) is 13.3. The first-order chi connectivity index (χ1) is 10.2. The summed E-state index contributed by atoms with van der Waals surface area (Å²) in [5, 5.41) is 0. The Kier molecular flexibility index (Phi) is 5.03. The number of nitrogens with zero attached hydrogens (tertiary/aromatic N) is 1. The average Bonchev–Trinajstić information content (AvgIpc) is 2.68. The maximum atomic E-state index is 4.21. The van der Waals surface area contributed by atoms with Crippen LogP contribution in [0.5, 0.6) is 0 Å². The predicted octanol–water partition coefficient (Wildman–Crippen LogP) is 5.21. The molecule has 0 aromatic carbocycles. The van der Waals surface area contributed by atoms with Crippen LogP contribution < -0.4 is 0 Å². The van der Waals surface area contributed by atoms with Crippen LogP contribution in [-0.4, -0.2) is 11.4 Å². The molecule has 108 valence electrons. The van der Waals surface area contributed by atoms with E-state index < -0.39 is 0 Å². The van der Waals surface area contributed by atoms with E-state index in [2.05, 4.69) is 68.0 Å². The highest BCUT2D eigenvalue weighted by Crippen LogP contribution is 2.26. The van der Waals surface area contributed by atoms with Crippen molar-refractivity contribution in [3.63, 3.8) is 0 Å². The van der Waals surface area contributed by atoms with Gasteiger partial charge in [-0.05, 0) is 56.1 Å². The van der Waals surface area contributed by atoms with Gasteiger partial charge in [0.15, 0.2) is 0 Å². The van der Waals surface area contributed by atoms with Crippen molar-refractivity contribution in [3.05, 3.63) is 89.5 Å². The second-order valence-electron chi connectivity index (χ2n) is 5.31. The molecule has 1 aliphatic heterocycles. The normalized spacial score (nSPS) is 20.5. The van der Waals surface area contributed by atoms with Crippen LogP contribution in [0.2, 0.25) is 0 Å². The number of allylic oxidation sites excluding steroid dienone is 9. The van der Waals surface area contributed by atoms with E-state index in [4.69, 9.17) is 0 Å². The van der Waals surface area contributed by atoms with Gasteiger partial charge in [0.25, 0.3) is 0 Å². The first-order valence-electron chi connectivity index (χ1n) is 7.44.